The second kappa shape index (κ2) is 6.38. The first-order valence-electron chi connectivity index (χ1n) is 8.36. The van der Waals surface area contributed by atoms with Crippen LogP contribution in [0.25, 0.3) is 0 Å². The lowest BCUT2D eigenvalue weighted by Crippen LogP contribution is -2.42. The highest BCUT2D eigenvalue weighted by molar-refractivity contribution is 6.09. The number of nitrogens with one attached hydrogen (secondary N) is 1. The zero-order valence-electron chi connectivity index (χ0n) is 15.1. The van der Waals surface area contributed by atoms with Gasteiger partial charge in [0.15, 0.2) is 5.78 Å². The fraction of sp³-hybridized carbons (Fsp3) is 0.526. The zero-order chi connectivity index (χ0) is 18.1. The number of amides is 3. The molecular weight excluding hydrogens is 304 g/mol. The van der Waals surface area contributed by atoms with Gasteiger partial charge in [0.05, 0.1) is 6.54 Å². The van der Waals surface area contributed by atoms with Crippen molar-refractivity contribution in [2.75, 3.05) is 6.54 Å². The third-order valence-corrected chi connectivity index (χ3v) is 4.48. The van der Waals surface area contributed by atoms with Crippen LogP contribution in [0.15, 0.2) is 24.3 Å². The number of benzene rings is 1. The molecule has 0 aromatic heterocycles. The molecule has 0 spiro atoms. The van der Waals surface area contributed by atoms with Gasteiger partial charge in [0.2, 0.25) is 0 Å². The molecule has 0 bridgehead atoms. The molecule has 1 aliphatic heterocycles. The van der Waals surface area contributed by atoms with Crippen molar-refractivity contribution >= 4 is 17.7 Å². The quantitative estimate of drug-likeness (QED) is 0.844. The molecule has 1 atom stereocenters. The van der Waals surface area contributed by atoms with Gasteiger partial charge < -0.3 is 5.32 Å². The summed E-state index contributed by atoms with van der Waals surface area (Å²) in [7, 11) is 0. The number of carbonyl (C=O) groups excluding carboxylic acids is 3. The van der Waals surface area contributed by atoms with Crippen LogP contribution in [-0.2, 0) is 21.5 Å². The maximum Gasteiger partial charge on any atom is 0.325 e. The van der Waals surface area contributed by atoms with Crippen LogP contribution >= 0.6 is 0 Å². The largest absolute Gasteiger partial charge is 0.325 e. The predicted molar refractivity (Wildman–Crippen MR) is 92.5 cm³/mol. The van der Waals surface area contributed by atoms with Crippen molar-refractivity contribution in [3.63, 3.8) is 0 Å². The molecule has 2 rings (SSSR count). The van der Waals surface area contributed by atoms with Crippen LogP contribution in [0.4, 0.5) is 4.79 Å². The Hall–Kier alpha value is -2.17. The molecule has 0 radical (unpaired) electrons. The van der Waals surface area contributed by atoms with Crippen LogP contribution in [0.5, 0.6) is 0 Å². The van der Waals surface area contributed by atoms with Crippen LogP contribution in [0.1, 0.15) is 52.2 Å². The Kier molecular flexibility index (Phi) is 4.83. The first-order valence-corrected chi connectivity index (χ1v) is 8.36. The van der Waals surface area contributed by atoms with Gasteiger partial charge in [-0.25, -0.2) is 4.79 Å². The molecule has 130 valence electrons. The number of Topliss-reactive ketones (excluding diaryl/α,β-unsaturated/α-hetero) is 1. The number of rotatable bonds is 5. The monoisotopic (exact) mass is 330 g/mol. The topological polar surface area (TPSA) is 66.5 Å². The minimum Gasteiger partial charge on any atom is -0.319 e. The van der Waals surface area contributed by atoms with E-state index in [1.807, 2.05) is 24.3 Å². The van der Waals surface area contributed by atoms with E-state index in [9.17, 15) is 14.4 Å². The summed E-state index contributed by atoms with van der Waals surface area (Å²) in [5, 5.41) is 2.74. The Bertz CT molecular complexity index is 658. The molecule has 1 unspecified atom stereocenters. The minimum atomic E-state index is -1.13. The van der Waals surface area contributed by atoms with Gasteiger partial charge in [-0.15, -0.1) is 0 Å². The average Bonchev–Trinajstić information content (AvgIpc) is 2.71. The number of hydrogen-bond donors (Lipinski definition) is 1. The highest BCUT2D eigenvalue weighted by atomic mass is 16.2. The molecule has 5 heteroatoms. The van der Waals surface area contributed by atoms with Gasteiger partial charge in [-0.3, -0.25) is 14.5 Å². The number of imide groups is 1. The van der Waals surface area contributed by atoms with Gasteiger partial charge in [-0.2, -0.15) is 0 Å². The summed E-state index contributed by atoms with van der Waals surface area (Å²) in [6, 6.07) is 7.19. The second-order valence-electron chi connectivity index (χ2n) is 7.57. The molecule has 1 aliphatic rings. The molecule has 1 heterocycles. The maximum absolute atomic E-state index is 12.8. The van der Waals surface area contributed by atoms with Crippen molar-refractivity contribution < 1.29 is 14.4 Å². The van der Waals surface area contributed by atoms with E-state index in [0.717, 1.165) is 23.3 Å². The molecule has 5 nitrogen and oxygen atoms in total. The Morgan fingerprint density at radius 2 is 1.75 bits per heavy atom. The lowest BCUT2D eigenvalue weighted by atomic mass is 9.89. The van der Waals surface area contributed by atoms with E-state index in [1.54, 1.807) is 27.7 Å². The molecule has 1 saturated heterocycles. The van der Waals surface area contributed by atoms with Crippen LogP contribution in [0, 0.1) is 5.41 Å². The molecular formula is C19H26N2O3. The number of aryl methyl sites for hydroxylation is 1. The van der Waals surface area contributed by atoms with Crippen molar-refractivity contribution in [1.82, 2.24) is 10.2 Å². The number of carbonyl (C=O) groups is 3. The smallest absolute Gasteiger partial charge is 0.319 e. The highest BCUT2D eigenvalue weighted by Gasteiger charge is 2.49. The van der Waals surface area contributed by atoms with E-state index >= 15 is 0 Å². The van der Waals surface area contributed by atoms with E-state index in [0.29, 0.717) is 0 Å². The Balaban J connectivity index is 2.24. The molecule has 3 amide bonds. The van der Waals surface area contributed by atoms with E-state index in [1.165, 1.54) is 5.56 Å². The molecule has 1 aromatic carbocycles. The lowest BCUT2D eigenvalue weighted by molar-refractivity contribution is -0.136. The van der Waals surface area contributed by atoms with Crippen molar-refractivity contribution in [3.05, 3.63) is 35.4 Å². The van der Waals surface area contributed by atoms with Crippen molar-refractivity contribution in [2.45, 2.75) is 53.0 Å². The van der Waals surface area contributed by atoms with Crippen LogP contribution in [0.3, 0.4) is 0 Å². The summed E-state index contributed by atoms with van der Waals surface area (Å²) in [5.41, 5.74) is 0.203. The molecule has 0 saturated carbocycles. The molecule has 24 heavy (non-hydrogen) atoms. The second-order valence-corrected chi connectivity index (χ2v) is 7.57. The normalized spacial score (nSPS) is 21.1. The number of urea groups is 1. The summed E-state index contributed by atoms with van der Waals surface area (Å²) < 4.78 is 0. The highest BCUT2D eigenvalue weighted by Crippen LogP contribution is 2.30. The first-order chi connectivity index (χ1) is 11.1. The summed E-state index contributed by atoms with van der Waals surface area (Å²) in [6.07, 6.45) is 2.03. The lowest BCUT2D eigenvalue weighted by Gasteiger charge is -2.23. The van der Waals surface area contributed by atoms with Gasteiger partial charge in [-0.05, 0) is 24.5 Å². The van der Waals surface area contributed by atoms with Crippen LogP contribution in [-0.4, -0.2) is 29.2 Å². The molecule has 1 fully saturated rings. The molecule has 1 aromatic rings. The third-order valence-electron chi connectivity index (χ3n) is 4.48. The van der Waals surface area contributed by atoms with Crippen molar-refractivity contribution in [2.24, 2.45) is 5.41 Å². The van der Waals surface area contributed by atoms with Gasteiger partial charge in [0.1, 0.15) is 5.54 Å². The summed E-state index contributed by atoms with van der Waals surface area (Å²) in [6.45, 7) is 8.93. The maximum atomic E-state index is 12.8. The third kappa shape index (κ3) is 3.35. The van der Waals surface area contributed by atoms with Crippen LogP contribution < -0.4 is 5.32 Å². The van der Waals surface area contributed by atoms with E-state index in [2.05, 4.69) is 12.2 Å². The number of hydrogen-bond acceptors (Lipinski definition) is 3. The van der Waals surface area contributed by atoms with Crippen molar-refractivity contribution in [1.29, 1.82) is 0 Å². The van der Waals surface area contributed by atoms with Gasteiger partial charge >= 0.3 is 6.03 Å². The molecule has 1 N–H and O–H groups in total. The Morgan fingerprint density at radius 1 is 1.17 bits per heavy atom. The standard InChI is InChI=1S/C19H26N2O3/c1-6-7-13-8-10-14(11-9-13)19(5)16(23)21(17(24)20-19)12-15(22)18(2,3)4/h8-11H,6-7,12H2,1-5H3,(H,20,24). The van der Waals surface area contributed by atoms with Crippen LogP contribution in [0.2, 0.25) is 0 Å². The summed E-state index contributed by atoms with van der Waals surface area (Å²) in [4.78, 5) is 38.3. The summed E-state index contributed by atoms with van der Waals surface area (Å²) >= 11 is 0. The number of nitrogens with zero attached hydrogens (tertiary/aromatic N) is 1. The predicted octanol–water partition coefficient (Wildman–Crippen LogP) is 3.02. The zero-order valence-corrected chi connectivity index (χ0v) is 15.1. The van der Waals surface area contributed by atoms with E-state index < -0.39 is 17.0 Å². The molecule has 0 aliphatic carbocycles. The summed E-state index contributed by atoms with van der Waals surface area (Å²) in [5.74, 6) is -0.526. The van der Waals surface area contributed by atoms with Gasteiger partial charge in [0, 0.05) is 5.41 Å². The SMILES string of the molecule is CCCc1ccc(C2(C)NC(=O)N(CC(=O)C(C)(C)C)C2=O)cc1. The van der Waals surface area contributed by atoms with Gasteiger partial charge in [-0.1, -0.05) is 58.4 Å². The fourth-order valence-corrected chi connectivity index (χ4v) is 2.71. The van der Waals surface area contributed by atoms with Gasteiger partial charge in [0.25, 0.3) is 5.91 Å². The average molecular weight is 330 g/mol. The van der Waals surface area contributed by atoms with E-state index in [-0.39, 0.29) is 18.2 Å². The minimum absolute atomic E-state index is 0.145. The number of ketones is 1. The van der Waals surface area contributed by atoms with Crippen molar-refractivity contribution in [3.8, 4) is 0 Å². The van der Waals surface area contributed by atoms with E-state index in [4.69, 9.17) is 0 Å². The Labute approximate surface area is 143 Å². The Morgan fingerprint density at radius 3 is 2.25 bits per heavy atom. The fourth-order valence-electron chi connectivity index (χ4n) is 2.71. The first kappa shape index (κ1) is 18.2.